The van der Waals surface area contributed by atoms with Crippen molar-refractivity contribution < 1.29 is 14.4 Å². The van der Waals surface area contributed by atoms with Crippen LogP contribution in [0.25, 0.3) is 0 Å². The Kier molecular flexibility index (Phi) is 3.99. The van der Waals surface area contributed by atoms with Gasteiger partial charge in [-0.1, -0.05) is 27.7 Å². The lowest BCUT2D eigenvalue weighted by Crippen LogP contribution is -2.30. The van der Waals surface area contributed by atoms with E-state index in [2.05, 4.69) is 0 Å². The van der Waals surface area contributed by atoms with Crippen molar-refractivity contribution in [2.75, 3.05) is 4.90 Å². The molecule has 1 atom stereocenters. The van der Waals surface area contributed by atoms with E-state index in [9.17, 15) is 14.4 Å². The van der Waals surface area contributed by atoms with E-state index in [0.29, 0.717) is 17.7 Å². The Morgan fingerprint density at radius 3 is 2.19 bits per heavy atom. The highest BCUT2D eigenvalue weighted by molar-refractivity contribution is 6.21. The highest BCUT2D eigenvalue weighted by Gasteiger charge is 2.38. The zero-order valence-electron chi connectivity index (χ0n) is 13.0. The van der Waals surface area contributed by atoms with E-state index >= 15 is 0 Å². The zero-order chi connectivity index (χ0) is 15.8. The summed E-state index contributed by atoms with van der Waals surface area (Å²) in [5.74, 6) is -0.480. The number of hydrogen-bond donors (Lipinski definition) is 0. The van der Waals surface area contributed by atoms with E-state index < -0.39 is 5.41 Å². The van der Waals surface area contributed by atoms with Crippen molar-refractivity contribution in [3.8, 4) is 0 Å². The second-order valence-corrected chi connectivity index (χ2v) is 6.50. The van der Waals surface area contributed by atoms with Crippen molar-refractivity contribution in [1.82, 2.24) is 0 Å². The average molecular weight is 287 g/mol. The highest BCUT2D eigenvalue weighted by Crippen LogP contribution is 2.29. The minimum atomic E-state index is -0.450. The molecule has 0 N–H and O–H groups in total. The number of carbonyl (C=O) groups is 3. The Balaban J connectivity index is 2.26. The van der Waals surface area contributed by atoms with Crippen LogP contribution in [0.15, 0.2) is 24.3 Å². The molecule has 0 aromatic heterocycles. The predicted octanol–water partition coefficient (Wildman–Crippen LogP) is 3.20. The van der Waals surface area contributed by atoms with Crippen molar-refractivity contribution in [3.63, 3.8) is 0 Å². The SMILES string of the molecule is CCC1CC(=O)N(c2ccc(C(=O)C(C)(C)C)cc2)C1=O. The summed E-state index contributed by atoms with van der Waals surface area (Å²) >= 11 is 0. The van der Waals surface area contributed by atoms with Crippen molar-refractivity contribution >= 4 is 23.3 Å². The molecule has 1 aromatic carbocycles. The van der Waals surface area contributed by atoms with Crippen LogP contribution < -0.4 is 4.90 Å². The fourth-order valence-corrected chi connectivity index (χ4v) is 2.48. The van der Waals surface area contributed by atoms with E-state index in [4.69, 9.17) is 0 Å². The van der Waals surface area contributed by atoms with Gasteiger partial charge in [-0.2, -0.15) is 0 Å². The number of rotatable bonds is 3. The van der Waals surface area contributed by atoms with Gasteiger partial charge in [0, 0.05) is 23.3 Å². The van der Waals surface area contributed by atoms with Gasteiger partial charge in [0.2, 0.25) is 11.8 Å². The molecule has 2 amide bonds. The molecule has 2 rings (SSSR count). The first-order valence-electron chi connectivity index (χ1n) is 7.27. The maximum Gasteiger partial charge on any atom is 0.237 e. The number of anilines is 1. The van der Waals surface area contributed by atoms with Crippen LogP contribution in [0.3, 0.4) is 0 Å². The molecule has 0 aliphatic carbocycles. The summed E-state index contributed by atoms with van der Waals surface area (Å²) in [6.45, 7) is 7.50. The average Bonchev–Trinajstić information content (AvgIpc) is 2.72. The van der Waals surface area contributed by atoms with Crippen molar-refractivity contribution in [1.29, 1.82) is 0 Å². The van der Waals surface area contributed by atoms with Gasteiger partial charge in [-0.3, -0.25) is 19.3 Å². The number of amides is 2. The Labute approximate surface area is 125 Å². The van der Waals surface area contributed by atoms with Crippen LogP contribution in [-0.2, 0) is 9.59 Å². The quantitative estimate of drug-likeness (QED) is 0.633. The van der Waals surface area contributed by atoms with Gasteiger partial charge < -0.3 is 0 Å². The Hall–Kier alpha value is -1.97. The molecule has 1 aromatic rings. The van der Waals surface area contributed by atoms with Crippen LogP contribution in [0.1, 0.15) is 50.9 Å². The van der Waals surface area contributed by atoms with E-state index in [1.54, 1.807) is 24.3 Å². The first kappa shape index (κ1) is 15.4. The molecule has 1 saturated heterocycles. The van der Waals surface area contributed by atoms with Crippen LogP contribution in [0, 0.1) is 11.3 Å². The molecule has 4 nitrogen and oxygen atoms in total. The number of carbonyl (C=O) groups excluding carboxylic acids is 3. The number of benzene rings is 1. The zero-order valence-corrected chi connectivity index (χ0v) is 13.0. The molecule has 1 unspecified atom stereocenters. The van der Waals surface area contributed by atoms with E-state index in [1.807, 2.05) is 27.7 Å². The summed E-state index contributed by atoms with van der Waals surface area (Å²) in [6.07, 6.45) is 0.944. The number of nitrogens with zero attached hydrogens (tertiary/aromatic N) is 1. The van der Waals surface area contributed by atoms with Crippen molar-refractivity contribution in [3.05, 3.63) is 29.8 Å². The van der Waals surface area contributed by atoms with Gasteiger partial charge in [0.15, 0.2) is 5.78 Å². The number of ketones is 1. The number of imide groups is 1. The molecule has 0 bridgehead atoms. The van der Waals surface area contributed by atoms with Gasteiger partial charge in [0.25, 0.3) is 0 Å². The Morgan fingerprint density at radius 2 is 1.76 bits per heavy atom. The molecule has 1 aliphatic heterocycles. The molecular formula is C17H21NO3. The Morgan fingerprint density at radius 1 is 1.19 bits per heavy atom. The fourth-order valence-electron chi connectivity index (χ4n) is 2.48. The fraction of sp³-hybridized carbons (Fsp3) is 0.471. The van der Waals surface area contributed by atoms with Crippen LogP contribution >= 0.6 is 0 Å². The topological polar surface area (TPSA) is 54.5 Å². The lowest BCUT2D eigenvalue weighted by atomic mass is 9.86. The second-order valence-electron chi connectivity index (χ2n) is 6.50. The van der Waals surface area contributed by atoms with E-state index in [-0.39, 0.29) is 29.9 Å². The van der Waals surface area contributed by atoms with Crippen LogP contribution in [0.5, 0.6) is 0 Å². The van der Waals surface area contributed by atoms with Gasteiger partial charge in [-0.25, -0.2) is 0 Å². The molecule has 4 heteroatoms. The molecule has 1 fully saturated rings. The monoisotopic (exact) mass is 287 g/mol. The van der Waals surface area contributed by atoms with E-state index in [1.165, 1.54) is 4.90 Å². The lowest BCUT2D eigenvalue weighted by Gasteiger charge is -2.18. The van der Waals surface area contributed by atoms with Gasteiger partial charge in [-0.05, 0) is 30.7 Å². The number of Topliss-reactive ketones (excluding diaryl/α,β-unsaturated/α-hetero) is 1. The summed E-state index contributed by atoms with van der Waals surface area (Å²) in [7, 11) is 0. The molecule has 0 saturated carbocycles. The molecule has 21 heavy (non-hydrogen) atoms. The highest BCUT2D eigenvalue weighted by atomic mass is 16.2. The van der Waals surface area contributed by atoms with Crippen LogP contribution in [0.4, 0.5) is 5.69 Å². The predicted molar refractivity (Wildman–Crippen MR) is 81.1 cm³/mol. The van der Waals surface area contributed by atoms with Gasteiger partial charge in [-0.15, -0.1) is 0 Å². The maximum atomic E-state index is 12.2. The van der Waals surface area contributed by atoms with Crippen LogP contribution in [0.2, 0.25) is 0 Å². The molecule has 112 valence electrons. The minimum absolute atomic E-state index is 0.0413. The smallest absolute Gasteiger partial charge is 0.237 e. The molecule has 1 heterocycles. The van der Waals surface area contributed by atoms with Crippen molar-refractivity contribution in [2.24, 2.45) is 11.3 Å². The summed E-state index contributed by atoms with van der Waals surface area (Å²) in [5, 5.41) is 0. The van der Waals surface area contributed by atoms with Gasteiger partial charge >= 0.3 is 0 Å². The molecule has 0 spiro atoms. The first-order chi connectivity index (χ1) is 9.75. The molecule has 1 aliphatic rings. The third-order valence-electron chi connectivity index (χ3n) is 3.80. The largest absolute Gasteiger partial charge is 0.294 e. The molecule has 0 radical (unpaired) electrons. The van der Waals surface area contributed by atoms with E-state index in [0.717, 1.165) is 0 Å². The third-order valence-corrected chi connectivity index (χ3v) is 3.80. The lowest BCUT2D eigenvalue weighted by molar-refractivity contribution is -0.122. The summed E-state index contributed by atoms with van der Waals surface area (Å²) in [5.41, 5.74) is 0.692. The maximum absolute atomic E-state index is 12.2. The minimum Gasteiger partial charge on any atom is -0.294 e. The van der Waals surface area contributed by atoms with Crippen LogP contribution in [-0.4, -0.2) is 17.6 Å². The third kappa shape index (κ3) is 2.89. The summed E-state index contributed by atoms with van der Waals surface area (Å²) in [4.78, 5) is 37.5. The molecular weight excluding hydrogens is 266 g/mol. The van der Waals surface area contributed by atoms with Gasteiger partial charge in [0.1, 0.15) is 0 Å². The summed E-state index contributed by atoms with van der Waals surface area (Å²) in [6, 6.07) is 6.71. The second kappa shape index (κ2) is 5.43. The standard InChI is InChI=1S/C17H21NO3/c1-5-11-10-14(19)18(16(11)21)13-8-6-12(7-9-13)15(20)17(2,3)4/h6-9,11H,5,10H2,1-4H3. The number of hydrogen-bond acceptors (Lipinski definition) is 3. The first-order valence-corrected chi connectivity index (χ1v) is 7.27. The Bertz CT molecular complexity index is 581. The normalized spacial score (nSPS) is 19.2. The van der Waals surface area contributed by atoms with Crippen molar-refractivity contribution in [2.45, 2.75) is 40.5 Å². The summed E-state index contributed by atoms with van der Waals surface area (Å²) < 4.78 is 0. The van der Waals surface area contributed by atoms with Gasteiger partial charge in [0.05, 0.1) is 5.69 Å².